The molecule has 1 unspecified atom stereocenters. The van der Waals surface area contributed by atoms with Crippen molar-refractivity contribution in [2.75, 3.05) is 0 Å². The number of carbonyl (C=O) groups is 1. The first kappa shape index (κ1) is 15.8. The van der Waals surface area contributed by atoms with Crippen molar-refractivity contribution in [1.29, 1.82) is 0 Å². The molecule has 1 aromatic carbocycles. The number of hydrogen-bond donors (Lipinski definition) is 1. The molecule has 0 spiro atoms. The summed E-state index contributed by atoms with van der Waals surface area (Å²) >= 11 is 11.8. The number of hydrogen-bond acceptors (Lipinski definition) is 2. The van der Waals surface area contributed by atoms with Gasteiger partial charge in [-0.05, 0) is 38.0 Å². The van der Waals surface area contributed by atoms with Gasteiger partial charge in [0.1, 0.15) is 5.15 Å². The largest absolute Gasteiger partial charge is 0.345 e. The van der Waals surface area contributed by atoms with E-state index in [4.69, 9.17) is 23.2 Å². The zero-order valence-electron chi connectivity index (χ0n) is 12.1. The van der Waals surface area contributed by atoms with E-state index >= 15 is 0 Å². The van der Waals surface area contributed by atoms with Crippen LogP contribution in [-0.2, 0) is 0 Å². The first-order valence-corrected chi connectivity index (χ1v) is 7.33. The highest BCUT2D eigenvalue weighted by atomic mass is 35.5. The second-order valence-electron chi connectivity index (χ2n) is 5.04. The number of nitrogens with one attached hydrogen (secondary N) is 1. The van der Waals surface area contributed by atoms with Crippen molar-refractivity contribution in [3.63, 3.8) is 0 Å². The number of halogens is 2. The highest BCUT2D eigenvalue weighted by Crippen LogP contribution is 2.22. The predicted molar refractivity (Wildman–Crippen MR) is 86.1 cm³/mol. The lowest BCUT2D eigenvalue weighted by Gasteiger charge is -2.17. The summed E-state index contributed by atoms with van der Waals surface area (Å²) in [5.74, 6) is -0.267. The number of nitrogens with zero attached hydrogens (tertiary/aromatic N) is 1. The van der Waals surface area contributed by atoms with Crippen LogP contribution < -0.4 is 5.32 Å². The zero-order valence-corrected chi connectivity index (χ0v) is 13.6. The summed E-state index contributed by atoms with van der Waals surface area (Å²) in [5, 5.41) is 3.45. The molecule has 0 fully saturated rings. The molecule has 0 aliphatic heterocycles. The minimum atomic E-state index is -0.267. The summed E-state index contributed by atoms with van der Waals surface area (Å²) in [5.41, 5.74) is 3.74. The molecule has 1 atom stereocenters. The fraction of sp³-hybridized carbons (Fsp3) is 0.250. The van der Waals surface area contributed by atoms with E-state index in [1.54, 1.807) is 0 Å². The summed E-state index contributed by atoms with van der Waals surface area (Å²) in [4.78, 5) is 16.1. The van der Waals surface area contributed by atoms with Crippen LogP contribution in [0.25, 0.3) is 0 Å². The van der Waals surface area contributed by atoms with Crippen molar-refractivity contribution in [3.05, 3.63) is 62.9 Å². The van der Waals surface area contributed by atoms with E-state index < -0.39 is 0 Å². The number of aryl methyl sites for hydroxylation is 2. The number of pyridine rings is 1. The first-order valence-electron chi connectivity index (χ1n) is 6.57. The summed E-state index contributed by atoms with van der Waals surface area (Å²) in [7, 11) is 0. The smallest absolute Gasteiger partial charge is 0.253 e. The Bertz CT molecular complexity index is 686. The molecule has 2 rings (SSSR count). The third-order valence-electron chi connectivity index (χ3n) is 3.31. The van der Waals surface area contributed by atoms with Crippen molar-refractivity contribution in [3.8, 4) is 0 Å². The van der Waals surface area contributed by atoms with E-state index in [-0.39, 0.29) is 22.1 Å². The van der Waals surface area contributed by atoms with Crippen molar-refractivity contribution in [2.24, 2.45) is 0 Å². The third-order valence-corrected chi connectivity index (χ3v) is 3.81. The lowest BCUT2D eigenvalue weighted by Crippen LogP contribution is -2.27. The SMILES string of the molecule is Cc1ccc(C(C)NC(=O)c2cc(Cl)ncc2Cl)c(C)c1. The summed E-state index contributed by atoms with van der Waals surface area (Å²) < 4.78 is 0. The molecule has 3 nitrogen and oxygen atoms in total. The molecule has 110 valence electrons. The Morgan fingerprint density at radius 3 is 2.62 bits per heavy atom. The zero-order chi connectivity index (χ0) is 15.6. The average Bonchev–Trinajstić information content (AvgIpc) is 2.41. The lowest BCUT2D eigenvalue weighted by molar-refractivity contribution is 0.0940. The van der Waals surface area contributed by atoms with Gasteiger partial charge in [-0.15, -0.1) is 0 Å². The lowest BCUT2D eigenvalue weighted by atomic mass is 10.00. The van der Waals surface area contributed by atoms with E-state index in [0.29, 0.717) is 5.56 Å². The van der Waals surface area contributed by atoms with E-state index in [9.17, 15) is 4.79 Å². The number of aromatic nitrogens is 1. The van der Waals surface area contributed by atoms with Gasteiger partial charge >= 0.3 is 0 Å². The van der Waals surface area contributed by atoms with Gasteiger partial charge in [0.15, 0.2) is 0 Å². The number of benzene rings is 1. The van der Waals surface area contributed by atoms with E-state index in [1.165, 1.54) is 17.8 Å². The highest BCUT2D eigenvalue weighted by Gasteiger charge is 2.16. The second kappa shape index (κ2) is 6.46. The van der Waals surface area contributed by atoms with Crippen LogP contribution in [0.2, 0.25) is 10.2 Å². The summed E-state index contributed by atoms with van der Waals surface area (Å²) in [6, 6.07) is 7.49. The molecule has 0 saturated heterocycles. The Morgan fingerprint density at radius 1 is 1.24 bits per heavy atom. The van der Waals surface area contributed by atoms with Gasteiger partial charge in [0.05, 0.1) is 16.6 Å². The topological polar surface area (TPSA) is 42.0 Å². The van der Waals surface area contributed by atoms with Crippen LogP contribution >= 0.6 is 23.2 Å². The standard InChI is InChI=1S/C16H16Cl2N2O/c1-9-4-5-12(10(2)6-9)11(3)20-16(21)13-7-15(18)19-8-14(13)17/h4-8,11H,1-3H3,(H,20,21). The Balaban J connectivity index is 2.20. The molecular formula is C16H16Cl2N2O. The Hall–Kier alpha value is -1.58. The van der Waals surface area contributed by atoms with Crippen LogP contribution in [-0.4, -0.2) is 10.9 Å². The van der Waals surface area contributed by atoms with Gasteiger partial charge in [-0.2, -0.15) is 0 Å². The monoisotopic (exact) mass is 322 g/mol. The third kappa shape index (κ3) is 3.74. The summed E-state index contributed by atoms with van der Waals surface area (Å²) in [6.07, 6.45) is 1.38. The molecular weight excluding hydrogens is 307 g/mol. The first-order chi connectivity index (χ1) is 9.88. The van der Waals surface area contributed by atoms with Gasteiger partial charge in [-0.1, -0.05) is 47.0 Å². The van der Waals surface area contributed by atoms with Crippen molar-refractivity contribution in [2.45, 2.75) is 26.8 Å². The minimum absolute atomic E-state index is 0.124. The van der Waals surface area contributed by atoms with Crippen molar-refractivity contribution < 1.29 is 4.79 Å². The van der Waals surface area contributed by atoms with Gasteiger partial charge < -0.3 is 5.32 Å². The molecule has 1 N–H and O–H groups in total. The molecule has 1 amide bonds. The molecule has 1 heterocycles. The Kier molecular flexibility index (Phi) is 4.86. The van der Waals surface area contributed by atoms with Crippen molar-refractivity contribution in [1.82, 2.24) is 10.3 Å². The van der Waals surface area contributed by atoms with Gasteiger partial charge in [0.2, 0.25) is 0 Å². The highest BCUT2D eigenvalue weighted by molar-refractivity contribution is 6.35. The van der Waals surface area contributed by atoms with Gasteiger partial charge in [-0.3, -0.25) is 4.79 Å². The quantitative estimate of drug-likeness (QED) is 0.845. The van der Waals surface area contributed by atoms with Gasteiger partial charge in [-0.25, -0.2) is 4.98 Å². The molecule has 1 aromatic heterocycles. The van der Waals surface area contributed by atoms with Crippen LogP contribution in [0.1, 0.15) is 40.0 Å². The molecule has 21 heavy (non-hydrogen) atoms. The predicted octanol–water partition coefficient (Wildman–Crippen LogP) is 4.50. The van der Waals surface area contributed by atoms with Crippen LogP contribution in [0.5, 0.6) is 0 Å². The molecule has 0 saturated carbocycles. The molecule has 5 heteroatoms. The van der Waals surface area contributed by atoms with E-state index in [0.717, 1.165) is 11.1 Å². The number of amides is 1. The normalized spacial score (nSPS) is 12.0. The second-order valence-corrected chi connectivity index (χ2v) is 5.84. The van der Waals surface area contributed by atoms with Crippen LogP contribution in [0.15, 0.2) is 30.5 Å². The maximum atomic E-state index is 12.3. The fourth-order valence-corrected chi connectivity index (χ4v) is 2.60. The average molecular weight is 323 g/mol. The fourth-order valence-electron chi connectivity index (χ4n) is 2.25. The maximum Gasteiger partial charge on any atom is 0.253 e. The molecule has 0 aliphatic carbocycles. The van der Waals surface area contributed by atoms with Gasteiger partial charge in [0.25, 0.3) is 5.91 Å². The summed E-state index contributed by atoms with van der Waals surface area (Å²) in [6.45, 7) is 6.01. The van der Waals surface area contributed by atoms with Crippen LogP contribution in [0.4, 0.5) is 0 Å². The Morgan fingerprint density at radius 2 is 1.95 bits per heavy atom. The van der Waals surface area contributed by atoms with Crippen LogP contribution in [0, 0.1) is 13.8 Å². The minimum Gasteiger partial charge on any atom is -0.345 e. The Labute approximate surface area is 134 Å². The molecule has 0 radical (unpaired) electrons. The molecule has 2 aromatic rings. The van der Waals surface area contributed by atoms with E-state index in [2.05, 4.69) is 16.4 Å². The van der Waals surface area contributed by atoms with Gasteiger partial charge in [0, 0.05) is 6.20 Å². The van der Waals surface area contributed by atoms with E-state index in [1.807, 2.05) is 32.9 Å². The maximum absolute atomic E-state index is 12.3. The number of rotatable bonds is 3. The van der Waals surface area contributed by atoms with Crippen molar-refractivity contribution >= 4 is 29.1 Å². The van der Waals surface area contributed by atoms with Crippen LogP contribution in [0.3, 0.4) is 0 Å². The molecule has 0 aliphatic rings. The molecule has 0 bridgehead atoms. The number of carbonyl (C=O) groups excluding carboxylic acids is 1.